The highest BCUT2D eigenvalue weighted by atomic mass is 35.5. The van der Waals surface area contributed by atoms with Crippen LogP contribution in [0.2, 0.25) is 10.0 Å². The van der Waals surface area contributed by atoms with E-state index >= 15 is 0 Å². The summed E-state index contributed by atoms with van der Waals surface area (Å²) in [5.74, 6) is -0.226. The summed E-state index contributed by atoms with van der Waals surface area (Å²) < 4.78 is 0. The quantitative estimate of drug-likeness (QED) is 0.562. The van der Waals surface area contributed by atoms with Gasteiger partial charge in [-0.3, -0.25) is 14.8 Å². The summed E-state index contributed by atoms with van der Waals surface area (Å²) >= 11 is 13.5. The van der Waals surface area contributed by atoms with Gasteiger partial charge in [-0.2, -0.15) is 0 Å². The number of carbonyl (C=O) groups is 1. The summed E-state index contributed by atoms with van der Waals surface area (Å²) in [7, 11) is 0. The van der Waals surface area contributed by atoms with Gasteiger partial charge in [0.05, 0.1) is 26.0 Å². The van der Waals surface area contributed by atoms with E-state index in [0.717, 1.165) is 16.6 Å². The largest absolute Gasteiger partial charge is 0.300 e. The maximum atomic E-state index is 12.2. The van der Waals surface area contributed by atoms with Gasteiger partial charge in [-0.1, -0.05) is 42.8 Å². The van der Waals surface area contributed by atoms with E-state index in [1.807, 2.05) is 18.2 Å². The molecule has 0 aliphatic carbocycles. The third kappa shape index (κ3) is 4.13. The Morgan fingerprint density at radius 2 is 1.74 bits per heavy atom. The third-order valence-electron chi connectivity index (χ3n) is 3.59. The average molecular weight is 417 g/mol. The van der Waals surface area contributed by atoms with Crippen molar-refractivity contribution in [3.8, 4) is 0 Å². The lowest BCUT2D eigenvalue weighted by Gasteiger charge is -2.01. The summed E-state index contributed by atoms with van der Waals surface area (Å²) in [5, 5.41) is 4.00. The minimum atomic E-state index is -0.226. The van der Waals surface area contributed by atoms with Gasteiger partial charge in [0.1, 0.15) is 5.69 Å². The number of benzene rings is 2. The molecule has 5 nitrogen and oxygen atoms in total. The Balaban J connectivity index is 0.00000210. The molecule has 1 amide bonds. The molecule has 1 aliphatic heterocycles. The Morgan fingerprint density at radius 1 is 1.04 bits per heavy atom. The van der Waals surface area contributed by atoms with Crippen LogP contribution in [0.4, 0.5) is 5.69 Å². The second-order valence-corrected chi connectivity index (χ2v) is 7.20. The molecule has 0 unspecified atom stereocenters. The zero-order chi connectivity index (χ0) is 18.1. The zero-order valence-corrected chi connectivity index (χ0v) is 15.4. The molecule has 0 bridgehead atoms. The molecule has 1 N–H and O–H groups in total. The Kier molecular flexibility index (Phi) is 5.79. The number of amidine groups is 1. The van der Waals surface area contributed by atoms with Gasteiger partial charge in [-0.25, -0.2) is 4.99 Å². The van der Waals surface area contributed by atoms with Gasteiger partial charge < -0.3 is 5.32 Å². The second-order valence-electron chi connectivity index (χ2n) is 5.36. The summed E-state index contributed by atoms with van der Waals surface area (Å²) in [6, 6.07) is 10.8. The van der Waals surface area contributed by atoms with Crippen LogP contribution in [0.5, 0.6) is 0 Å². The summed E-state index contributed by atoms with van der Waals surface area (Å²) in [4.78, 5) is 25.6. The zero-order valence-electron chi connectivity index (χ0n) is 13.1. The number of nitrogens with one attached hydrogen (secondary N) is 1. The Hall–Kier alpha value is -2.41. The molecule has 0 spiro atoms. The van der Waals surface area contributed by atoms with Crippen molar-refractivity contribution in [1.82, 2.24) is 15.3 Å². The highest BCUT2D eigenvalue weighted by Gasteiger charge is 2.24. The highest BCUT2D eigenvalue weighted by Crippen LogP contribution is 2.35. The second kappa shape index (κ2) is 8.08. The molecule has 8 heteroatoms. The number of hydrogen-bond donors (Lipinski definition) is 1. The van der Waals surface area contributed by atoms with Crippen LogP contribution in [0.1, 0.15) is 13.0 Å². The molecule has 27 heavy (non-hydrogen) atoms. The maximum Gasteiger partial charge on any atom is 0.264 e. The lowest BCUT2D eigenvalue weighted by Crippen LogP contribution is -2.19. The molecule has 136 valence electrons. The molecule has 2 heterocycles. The third-order valence-corrected chi connectivity index (χ3v) is 5.11. The molecular formula is C19H14Cl2N4OS. The molecule has 3 aromatic rings. The van der Waals surface area contributed by atoms with Gasteiger partial charge in [0.2, 0.25) is 0 Å². The number of amides is 1. The Morgan fingerprint density at radius 3 is 2.48 bits per heavy atom. The van der Waals surface area contributed by atoms with Crippen molar-refractivity contribution in [3.63, 3.8) is 0 Å². The van der Waals surface area contributed by atoms with Crippen molar-refractivity contribution < 1.29 is 4.79 Å². The lowest BCUT2D eigenvalue weighted by molar-refractivity contribution is -0.115. The average Bonchev–Trinajstić information content (AvgIpc) is 2.97. The maximum absolute atomic E-state index is 12.2. The van der Waals surface area contributed by atoms with E-state index in [1.54, 1.807) is 36.7 Å². The highest BCUT2D eigenvalue weighted by molar-refractivity contribution is 8.18. The van der Waals surface area contributed by atoms with Crippen LogP contribution in [0, 0.1) is 0 Å². The van der Waals surface area contributed by atoms with E-state index in [9.17, 15) is 4.79 Å². The van der Waals surface area contributed by atoms with Gasteiger partial charge in [0.25, 0.3) is 5.91 Å². The number of halogens is 2. The van der Waals surface area contributed by atoms with Crippen molar-refractivity contribution in [3.05, 3.63) is 69.3 Å². The lowest BCUT2D eigenvalue weighted by atomic mass is 10.2. The fourth-order valence-electron chi connectivity index (χ4n) is 2.40. The molecule has 1 aromatic heterocycles. The SMILES string of the molecule is C.O=C1NC(=Nc2c(Cl)cccc2Cl)S/C1=C\c1ccc2nccnc2c1. The molecule has 1 saturated heterocycles. The van der Waals surface area contributed by atoms with E-state index < -0.39 is 0 Å². The summed E-state index contributed by atoms with van der Waals surface area (Å²) in [6.45, 7) is 0. The molecule has 0 atom stereocenters. The van der Waals surface area contributed by atoms with Crippen LogP contribution in [0.25, 0.3) is 17.1 Å². The van der Waals surface area contributed by atoms with Crippen LogP contribution >= 0.6 is 35.0 Å². The van der Waals surface area contributed by atoms with Gasteiger partial charge >= 0.3 is 0 Å². The van der Waals surface area contributed by atoms with Crippen LogP contribution < -0.4 is 5.32 Å². The number of fused-ring (bicyclic) bond motifs is 1. The fourth-order valence-corrected chi connectivity index (χ4v) is 3.71. The Labute approximate surface area is 170 Å². The number of para-hydroxylation sites is 1. The number of aliphatic imine (C=N–C) groups is 1. The van der Waals surface area contributed by atoms with E-state index in [1.165, 1.54) is 11.8 Å². The number of nitrogens with zero attached hydrogens (tertiary/aromatic N) is 3. The van der Waals surface area contributed by atoms with Crippen molar-refractivity contribution in [1.29, 1.82) is 0 Å². The van der Waals surface area contributed by atoms with Crippen molar-refractivity contribution >= 4 is 68.8 Å². The summed E-state index contributed by atoms with van der Waals surface area (Å²) in [5.41, 5.74) is 2.85. The van der Waals surface area contributed by atoms with E-state index in [4.69, 9.17) is 23.2 Å². The minimum Gasteiger partial charge on any atom is -0.300 e. The van der Waals surface area contributed by atoms with Crippen molar-refractivity contribution in [2.45, 2.75) is 7.43 Å². The smallest absolute Gasteiger partial charge is 0.264 e. The number of rotatable bonds is 2. The first-order valence-electron chi connectivity index (χ1n) is 7.54. The van der Waals surface area contributed by atoms with Crippen molar-refractivity contribution in [2.24, 2.45) is 4.99 Å². The topological polar surface area (TPSA) is 67.2 Å². The van der Waals surface area contributed by atoms with Crippen LogP contribution in [-0.4, -0.2) is 21.0 Å². The van der Waals surface area contributed by atoms with E-state index in [0.29, 0.717) is 25.8 Å². The number of hydrogen-bond acceptors (Lipinski definition) is 5. The van der Waals surface area contributed by atoms with Gasteiger partial charge in [0.15, 0.2) is 5.17 Å². The monoisotopic (exact) mass is 416 g/mol. The predicted octanol–water partition coefficient (Wildman–Crippen LogP) is 5.46. The molecule has 1 fully saturated rings. The first-order valence-corrected chi connectivity index (χ1v) is 9.12. The van der Waals surface area contributed by atoms with Crippen LogP contribution in [0.3, 0.4) is 0 Å². The molecule has 4 rings (SSSR count). The van der Waals surface area contributed by atoms with E-state index in [2.05, 4.69) is 20.3 Å². The normalized spacial score (nSPS) is 16.6. The summed E-state index contributed by atoms with van der Waals surface area (Å²) in [6.07, 6.45) is 5.06. The van der Waals surface area contributed by atoms with E-state index in [-0.39, 0.29) is 13.3 Å². The number of thioether (sulfide) groups is 1. The van der Waals surface area contributed by atoms with Crippen LogP contribution in [0.15, 0.2) is 58.7 Å². The van der Waals surface area contributed by atoms with Gasteiger partial charge in [-0.15, -0.1) is 0 Å². The first-order chi connectivity index (χ1) is 12.6. The van der Waals surface area contributed by atoms with Crippen LogP contribution in [-0.2, 0) is 4.79 Å². The fraction of sp³-hybridized carbons (Fsp3) is 0.0526. The molecular weight excluding hydrogens is 403 g/mol. The number of aromatic nitrogens is 2. The van der Waals surface area contributed by atoms with Gasteiger partial charge in [0, 0.05) is 12.4 Å². The Bertz CT molecular complexity index is 1080. The predicted molar refractivity (Wildman–Crippen MR) is 114 cm³/mol. The molecule has 1 aliphatic rings. The molecule has 0 radical (unpaired) electrons. The first kappa shape index (κ1) is 19.4. The van der Waals surface area contributed by atoms with Gasteiger partial charge in [-0.05, 0) is 47.7 Å². The standard InChI is InChI=1S/C18H10Cl2N4OS.CH4/c19-11-2-1-3-12(20)16(11)23-18-24-17(25)15(26-18)9-10-4-5-13-14(8-10)22-7-6-21-13;/h1-9H,(H,23,24,25);1H4/b15-9-;. The van der Waals surface area contributed by atoms with Crippen molar-refractivity contribution in [2.75, 3.05) is 0 Å². The molecule has 2 aromatic carbocycles. The minimum absolute atomic E-state index is 0. The number of carbonyl (C=O) groups excluding carboxylic acids is 1. The molecule has 0 saturated carbocycles.